The number of anilines is 1. The fraction of sp³-hybridized carbons (Fsp3) is 0.455. The Hall–Kier alpha value is -2.77. The fourth-order valence-electron chi connectivity index (χ4n) is 2.96. The average Bonchev–Trinajstić information content (AvgIpc) is 2.98. The van der Waals surface area contributed by atoms with Gasteiger partial charge in [-0.1, -0.05) is 40.7 Å². The molecule has 0 aliphatic heterocycles. The van der Waals surface area contributed by atoms with Crippen LogP contribution in [0.15, 0.2) is 30.3 Å². The number of aromatic nitrogens is 1. The van der Waals surface area contributed by atoms with Gasteiger partial charge in [-0.2, -0.15) is 13.2 Å². The molecule has 0 radical (unpaired) electrons. The van der Waals surface area contributed by atoms with Crippen LogP contribution in [0.25, 0.3) is 0 Å². The van der Waals surface area contributed by atoms with Gasteiger partial charge in [-0.3, -0.25) is 9.59 Å². The summed E-state index contributed by atoms with van der Waals surface area (Å²) in [5.41, 5.74) is 0.480. The van der Waals surface area contributed by atoms with Crippen molar-refractivity contribution in [1.82, 2.24) is 4.57 Å². The molecule has 0 aliphatic carbocycles. The monoisotopic (exact) mass is 426 g/mol. The van der Waals surface area contributed by atoms with E-state index >= 15 is 0 Å². The van der Waals surface area contributed by atoms with E-state index in [2.05, 4.69) is 5.32 Å². The highest BCUT2D eigenvalue weighted by Gasteiger charge is 2.31. The Balaban J connectivity index is 0.00000218. The largest absolute Gasteiger partial charge is 0.481 e. The van der Waals surface area contributed by atoms with Crippen LogP contribution in [-0.2, 0) is 22.9 Å². The van der Waals surface area contributed by atoms with Crippen molar-refractivity contribution in [2.75, 3.05) is 5.32 Å². The topological polar surface area (TPSA) is 71.3 Å². The van der Waals surface area contributed by atoms with Gasteiger partial charge in [-0.25, -0.2) is 0 Å². The number of alkyl halides is 3. The number of amides is 1. The Morgan fingerprint density at radius 1 is 1.10 bits per heavy atom. The zero-order valence-electron chi connectivity index (χ0n) is 18.1. The van der Waals surface area contributed by atoms with Crippen LogP contribution in [0.5, 0.6) is 0 Å². The van der Waals surface area contributed by atoms with E-state index < -0.39 is 23.6 Å². The van der Waals surface area contributed by atoms with Crippen molar-refractivity contribution in [2.45, 2.75) is 66.1 Å². The summed E-state index contributed by atoms with van der Waals surface area (Å²) in [7, 11) is 0. The third kappa shape index (κ3) is 6.37. The molecule has 0 spiro atoms. The van der Waals surface area contributed by atoms with E-state index in [-0.39, 0.29) is 24.1 Å². The number of hydrogen-bond donors (Lipinski definition) is 2. The van der Waals surface area contributed by atoms with Crippen LogP contribution in [0.1, 0.15) is 68.3 Å². The van der Waals surface area contributed by atoms with Gasteiger partial charge in [0.2, 0.25) is 0 Å². The van der Waals surface area contributed by atoms with Crippen LogP contribution in [0.3, 0.4) is 0 Å². The normalized spacial score (nSPS) is 11.5. The summed E-state index contributed by atoms with van der Waals surface area (Å²) < 4.78 is 40.4. The highest BCUT2D eigenvalue weighted by atomic mass is 19.4. The lowest BCUT2D eigenvalue weighted by molar-refractivity contribution is -0.138. The van der Waals surface area contributed by atoms with E-state index in [9.17, 15) is 22.8 Å². The number of carbonyl (C=O) groups excluding carboxylic acids is 1. The molecule has 2 aromatic rings. The second-order valence-corrected chi connectivity index (χ2v) is 7.61. The van der Waals surface area contributed by atoms with E-state index in [0.29, 0.717) is 11.3 Å². The Morgan fingerprint density at radius 2 is 1.70 bits per heavy atom. The van der Waals surface area contributed by atoms with Gasteiger partial charge in [0.25, 0.3) is 5.91 Å². The van der Waals surface area contributed by atoms with Crippen LogP contribution < -0.4 is 5.32 Å². The minimum Gasteiger partial charge on any atom is -0.481 e. The smallest absolute Gasteiger partial charge is 0.416 e. The van der Waals surface area contributed by atoms with Crippen molar-refractivity contribution in [3.8, 4) is 0 Å². The van der Waals surface area contributed by atoms with Gasteiger partial charge in [0, 0.05) is 29.0 Å². The van der Waals surface area contributed by atoms with E-state index in [0.717, 1.165) is 17.8 Å². The summed E-state index contributed by atoms with van der Waals surface area (Å²) in [6, 6.07) is 6.08. The first-order valence-electron chi connectivity index (χ1n) is 9.71. The van der Waals surface area contributed by atoms with Gasteiger partial charge in [0.1, 0.15) is 0 Å². The van der Waals surface area contributed by atoms with E-state index in [1.807, 2.05) is 34.6 Å². The van der Waals surface area contributed by atoms with Gasteiger partial charge >= 0.3 is 12.1 Å². The van der Waals surface area contributed by atoms with Crippen LogP contribution in [0.2, 0.25) is 0 Å². The Bertz CT molecular complexity index is 894. The second-order valence-electron chi connectivity index (χ2n) is 7.61. The maximum atomic E-state index is 12.9. The highest BCUT2D eigenvalue weighted by Crippen LogP contribution is 2.31. The predicted molar refractivity (Wildman–Crippen MR) is 111 cm³/mol. The van der Waals surface area contributed by atoms with Gasteiger partial charge < -0.3 is 15.0 Å². The van der Waals surface area contributed by atoms with Gasteiger partial charge in [0.15, 0.2) is 0 Å². The number of hydrogen-bond acceptors (Lipinski definition) is 2. The molecule has 8 heteroatoms. The summed E-state index contributed by atoms with van der Waals surface area (Å²) in [4.78, 5) is 23.7. The Morgan fingerprint density at radius 3 is 2.20 bits per heavy atom. The van der Waals surface area contributed by atoms with Crippen molar-refractivity contribution in [3.63, 3.8) is 0 Å². The summed E-state index contributed by atoms with van der Waals surface area (Å²) in [5.74, 6) is -1.50. The average molecular weight is 426 g/mol. The molecule has 0 saturated heterocycles. The zero-order chi connectivity index (χ0) is 23.3. The first-order chi connectivity index (χ1) is 13.8. The molecule has 2 rings (SSSR count). The molecular formula is C22H29F3N2O3. The number of aliphatic carboxylic acids is 1. The van der Waals surface area contributed by atoms with E-state index in [1.165, 1.54) is 12.1 Å². The molecule has 0 atom stereocenters. The molecular weight excluding hydrogens is 397 g/mol. The minimum atomic E-state index is -4.50. The Kier molecular flexibility index (Phi) is 8.27. The third-order valence-electron chi connectivity index (χ3n) is 4.38. The standard InChI is InChI=1S/C20H23F3N2O3.C2H6/c1-12-15(11-16(19(2,3)4)25(12)9-8-17(26)27)18(28)24-14-7-5-6-13(10-14)20(21,22)23;1-2/h5-7,10-11H,8-9H2,1-4H3,(H,24,28)(H,26,27);1-2H3. The SMILES string of the molecule is CC.Cc1c(C(=O)Nc2cccc(C(F)(F)F)c2)cc(C(C)(C)C)n1CCC(=O)O. The summed E-state index contributed by atoms with van der Waals surface area (Å²) in [6.07, 6.45) is -4.61. The molecule has 0 saturated carbocycles. The summed E-state index contributed by atoms with van der Waals surface area (Å²) >= 11 is 0. The quantitative estimate of drug-likeness (QED) is 0.628. The third-order valence-corrected chi connectivity index (χ3v) is 4.38. The predicted octanol–water partition coefficient (Wildman–Crippen LogP) is 5.87. The number of halogens is 3. The van der Waals surface area contributed by atoms with Crippen LogP contribution in [0, 0.1) is 6.92 Å². The zero-order valence-corrected chi connectivity index (χ0v) is 18.1. The molecule has 0 fully saturated rings. The summed E-state index contributed by atoms with van der Waals surface area (Å²) in [6.45, 7) is 11.7. The number of nitrogens with zero attached hydrogens (tertiary/aromatic N) is 1. The molecule has 2 N–H and O–H groups in total. The molecule has 1 aromatic carbocycles. The van der Waals surface area contributed by atoms with Crippen molar-refractivity contribution in [2.24, 2.45) is 0 Å². The van der Waals surface area contributed by atoms with Crippen molar-refractivity contribution < 1.29 is 27.9 Å². The molecule has 166 valence electrons. The van der Waals surface area contributed by atoms with Crippen LogP contribution in [0.4, 0.5) is 18.9 Å². The highest BCUT2D eigenvalue weighted by molar-refractivity contribution is 6.05. The molecule has 5 nitrogen and oxygen atoms in total. The first-order valence-corrected chi connectivity index (χ1v) is 9.71. The van der Waals surface area contributed by atoms with Crippen molar-refractivity contribution >= 4 is 17.6 Å². The van der Waals surface area contributed by atoms with Crippen LogP contribution in [-0.4, -0.2) is 21.6 Å². The summed E-state index contributed by atoms with van der Waals surface area (Å²) in [5, 5.41) is 11.5. The van der Waals surface area contributed by atoms with Crippen molar-refractivity contribution in [1.29, 1.82) is 0 Å². The van der Waals surface area contributed by atoms with Gasteiger partial charge in [0.05, 0.1) is 17.5 Å². The number of carboxylic acids is 1. The minimum absolute atomic E-state index is 0.0369. The molecule has 0 bridgehead atoms. The molecule has 0 aliphatic rings. The van der Waals surface area contributed by atoms with E-state index in [4.69, 9.17) is 5.11 Å². The number of rotatable bonds is 5. The molecule has 0 unspecified atom stereocenters. The molecule has 1 heterocycles. The lowest BCUT2D eigenvalue weighted by Gasteiger charge is -2.22. The molecule has 1 amide bonds. The lowest BCUT2D eigenvalue weighted by atomic mass is 9.91. The molecule has 1 aromatic heterocycles. The van der Waals surface area contributed by atoms with Crippen molar-refractivity contribution in [3.05, 3.63) is 52.8 Å². The first kappa shape index (κ1) is 25.3. The second kappa shape index (κ2) is 9.82. The maximum absolute atomic E-state index is 12.9. The Labute approximate surface area is 174 Å². The molecule has 30 heavy (non-hydrogen) atoms. The lowest BCUT2D eigenvalue weighted by Crippen LogP contribution is -2.19. The van der Waals surface area contributed by atoms with Gasteiger partial charge in [-0.15, -0.1) is 0 Å². The van der Waals surface area contributed by atoms with E-state index in [1.54, 1.807) is 17.6 Å². The number of benzene rings is 1. The fourth-order valence-corrected chi connectivity index (χ4v) is 2.96. The van der Waals surface area contributed by atoms with Gasteiger partial charge in [-0.05, 0) is 31.2 Å². The number of nitrogens with one attached hydrogen (secondary N) is 1. The number of carboxylic acid groups (broad SMARTS) is 1. The maximum Gasteiger partial charge on any atom is 0.416 e. The van der Waals surface area contributed by atoms with Crippen LogP contribution >= 0.6 is 0 Å². The number of carbonyl (C=O) groups is 2.